The highest BCUT2D eigenvalue weighted by molar-refractivity contribution is 5.87. The predicted molar refractivity (Wildman–Crippen MR) is 86.7 cm³/mol. The van der Waals surface area contributed by atoms with E-state index in [1.54, 1.807) is 6.92 Å². The molecule has 0 aliphatic heterocycles. The molecule has 0 saturated heterocycles. The van der Waals surface area contributed by atoms with E-state index in [1.165, 1.54) is 0 Å². The molecule has 2 N–H and O–H groups in total. The summed E-state index contributed by atoms with van der Waals surface area (Å²) >= 11 is 0. The molecule has 0 fully saturated rings. The van der Waals surface area contributed by atoms with Crippen molar-refractivity contribution in [1.82, 2.24) is 0 Å². The first-order chi connectivity index (χ1) is 10.4. The number of hydrogen-bond acceptors (Lipinski definition) is 2. The topological polar surface area (TPSA) is 74.6 Å². The third kappa shape index (κ3) is 3.21. The molecule has 1 rings (SSSR count). The third-order valence-electron chi connectivity index (χ3n) is 5.62. The lowest BCUT2D eigenvalue weighted by Gasteiger charge is -2.47. The number of carboxylic acids is 2. The zero-order valence-electron chi connectivity index (χ0n) is 14.1. The lowest BCUT2D eigenvalue weighted by Crippen LogP contribution is -2.54. The summed E-state index contributed by atoms with van der Waals surface area (Å²) < 4.78 is 0. The molecule has 0 aromatic carbocycles. The molecule has 4 nitrogen and oxygen atoms in total. The van der Waals surface area contributed by atoms with Gasteiger partial charge in [-0.15, -0.1) is 0 Å². The van der Waals surface area contributed by atoms with Gasteiger partial charge in [-0.25, -0.2) is 0 Å². The van der Waals surface area contributed by atoms with Crippen molar-refractivity contribution in [1.29, 1.82) is 0 Å². The Hall–Kier alpha value is -1.32. The highest BCUT2D eigenvalue weighted by Gasteiger charge is 2.60. The average Bonchev–Trinajstić information content (AvgIpc) is 2.51. The SMILES string of the molecule is CCCCC(CC)CC1(C(=O)O)CC=CCC1(CC)C(=O)O. The summed E-state index contributed by atoms with van der Waals surface area (Å²) in [4.78, 5) is 24.2. The molecule has 0 radical (unpaired) electrons. The van der Waals surface area contributed by atoms with Gasteiger partial charge in [0.05, 0.1) is 10.8 Å². The Balaban J connectivity index is 3.24. The molecule has 0 spiro atoms. The van der Waals surface area contributed by atoms with Crippen molar-refractivity contribution in [2.75, 3.05) is 0 Å². The Kier molecular flexibility index (Phi) is 6.64. The summed E-state index contributed by atoms with van der Waals surface area (Å²) in [5.41, 5.74) is -2.37. The van der Waals surface area contributed by atoms with Crippen LogP contribution in [0, 0.1) is 16.7 Å². The van der Waals surface area contributed by atoms with E-state index in [4.69, 9.17) is 0 Å². The number of allylic oxidation sites excluding steroid dienone is 2. The van der Waals surface area contributed by atoms with Crippen LogP contribution in [0.5, 0.6) is 0 Å². The van der Waals surface area contributed by atoms with Gasteiger partial charge in [-0.05, 0) is 31.6 Å². The third-order valence-corrected chi connectivity index (χ3v) is 5.62. The molecular weight excluding hydrogens is 280 g/mol. The summed E-state index contributed by atoms with van der Waals surface area (Å²) in [5.74, 6) is -1.64. The average molecular weight is 310 g/mol. The maximum atomic E-state index is 12.2. The standard InChI is InChI=1S/C18H30O4/c1-4-7-10-14(5-2)13-18(16(21)22)12-9-8-11-17(18,6-3)15(19)20/h8-9,14H,4-7,10-13H2,1-3H3,(H,19,20)(H,21,22). The first-order valence-electron chi connectivity index (χ1n) is 8.52. The van der Waals surface area contributed by atoms with Crippen molar-refractivity contribution < 1.29 is 19.8 Å². The summed E-state index contributed by atoms with van der Waals surface area (Å²) in [6, 6.07) is 0. The van der Waals surface area contributed by atoms with E-state index in [2.05, 4.69) is 13.8 Å². The first-order valence-corrected chi connectivity index (χ1v) is 8.52. The Morgan fingerprint density at radius 3 is 2.00 bits per heavy atom. The van der Waals surface area contributed by atoms with Crippen molar-refractivity contribution in [3.8, 4) is 0 Å². The molecular formula is C18H30O4. The van der Waals surface area contributed by atoms with E-state index in [-0.39, 0.29) is 5.92 Å². The van der Waals surface area contributed by atoms with E-state index in [9.17, 15) is 19.8 Å². The second-order valence-corrected chi connectivity index (χ2v) is 6.63. The van der Waals surface area contributed by atoms with Crippen molar-refractivity contribution in [2.24, 2.45) is 16.7 Å². The largest absolute Gasteiger partial charge is 0.481 e. The van der Waals surface area contributed by atoms with Crippen LogP contribution in [0.25, 0.3) is 0 Å². The van der Waals surface area contributed by atoms with Gasteiger partial charge in [0.1, 0.15) is 0 Å². The van der Waals surface area contributed by atoms with E-state index >= 15 is 0 Å². The number of hydrogen-bond donors (Lipinski definition) is 2. The normalized spacial score (nSPS) is 29.2. The molecule has 22 heavy (non-hydrogen) atoms. The van der Waals surface area contributed by atoms with Crippen LogP contribution in [0.15, 0.2) is 12.2 Å². The van der Waals surface area contributed by atoms with Gasteiger partial charge in [-0.3, -0.25) is 9.59 Å². The second kappa shape index (κ2) is 7.80. The fourth-order valence-corrected chi connectivity index (χ4v) is 3.98. The van der Waals surface area contributed by atoms with Gasteiger partial charge in [0.15, 0.2) is 0 Å². The Morgan fingerprint density at radius 2 is 1.59 bits per heavy atom. The van der Waals surface area contributed by atoms with E-state index < -0.39 is 22.8 Å². The lowest BCUT2D eigenvalue weighted by molar-refractivity contribution is -0.178. The molecule has 3 unspecified atom stereocenters. The van der Waals surface area contributed by atoms with Crippen LogP contribution in [0.1, 0.15) is 72.1 Å². The van der Waals surface area contributed by atoms with Crippen molar-refractivity contribution in [3.63, 3.8) is 0 Å². The minimum absolute atomic E-state index is 0.271. The summed E-state index contributed by atoms with van der Waals surface area (Å²) in [7, 11) is 0. The van der Waals surface area contributed by atoms with Gasteiger partial charge in [-0.1, -0.05) is 58.6 Å². The molecule has 0 saturated carbocycles. The molecule has 1 aliphatic rings. The smallest absolute Gasteiger partial charge is 0.311 e. The number of rotatable bonds is 9. The van der Waals surface area contributed by atoms with Crippen LogP contribution in [0.3, 0.4) is 0 Å². The number of carbonyl (C=O) groups is 2. The van der Waals surface area contributed by atoms with Crippen molar-refractivity contribution in [3.05, 3.63) is 12.2 Å². The molecule has 0 aromatic rings. The van der Waals surface area contributed by atoms with Crippen LogP contribution < -0.4 is 0 Å². The summed E-state index contributed by atoms with van der Waals surface area (Å²) in [6.45, 7) is 6.00. The molecule has 1 aliphatic carbocycles. The van der Waals surface area contributed by atoms with Crippen molar-refractivity contribution >= 4 is 11.9 Å². The highest BCUT2D eigenvalue weighted by Crippen LogP contribution is 2.55. The zero-order chi connectivity index (χ0) is 16.8. The zero-order valence-corrected chi connectivity index (χ0v) is 14.1. The fraction of sp³-hybridized carbons (Fsp3) is 0.778. The van der Waals surface area contributed by atoms with Crippen LogP contribution in [0.2, 0.25) is 0 Å². The van der Waals surface area contributed by atoms with Crippen LogP contribution in [-0.4, -0.2) is 22.2 Å². The van der Waals surface area contributed by atoms with Crippen LogP contribution >= 0.6 is 0 Å². The van der Waals surface area contributed by atoms with Crippen LogP contribution in [0.4, 0.5) is 0 Å². The Labute approximate surface area is 133 Å². The monoisotopic (exact) mass is 310 g/mol. The van der Waals surface area contributed by atoms with Crippen molar-refractivity contribution in [2.45, 2.75) is 72.1 Å². The quantitative estimate of drug-likeness (QED) is 0.615. The van der Waals surface area contributed by atoms with E-state index in [0.717, 1.165) is 25.7 Å². The minimum Gasteiger partial charge on any atom is -0.481 e. The molecule has 0 aromatic heterocycles. The molecule has 0 amide bonds. The second-order valence-electron chi connectivity index (χ2n) is 6.63. The lowest BCUT2D eigenvalue weighted by atomic mass is 9.53. The predicted octanol–water partition coefficient (Wildman–Crippen LogP) is 4.49. The first kappa shape index (κ1) is 18.7. The van der Waals surface area contributed by atoms with E-state index in [0.29, 0.717) is 25.7 Å². The Bertz CT molecular complexity index is 429. The Morgan fingerprint density at radius 1 is 1.05 bits per heavy atom. The van der Waals surface area contributed by atoms with Gasteiger partial charge in [0.25, 0.3) is 0 Å². The minimum atomic E-state index is -1.19. The van der Waals surface area contributed by atoms with Gasteiger partial charge < -0.3 is 10.2 Å². The van der Waals surface area contributed by atoms with E-state index in [1.807, 2.05) is 12.2 Å². The van der Waals surface area contributed by atoms with Gasteiger partial charge >= 0.3 is 11.9 Å². The summed E-state index contributed by atoms with van der Waals surface area (Å²) in [6.07, 6.45) is 9.17. The maximum Gasteiger partial charge on any atom is 0.311 e. The number of aliphatic carboxylic acids is 2. The molecule has 3 atom stereocenters. The van der Waals surface area contributed by atoms with Gasteiger partial charge in [0, 0.05) is 0 Å². The number of unbranched alkanes of at least 4 members (excludes halogenated alkanes) is 1. The van der Waals surface area contributed by atoms with Gasteiger partial charge in [0.2, 0.25) is 0 Å². The molecule has 126 valence electrons. The van der Waals surface area contributed by atoms with Gasteiger partial charge in [-0.2, -0.15) is 0 Å². The molecule has 4 heteroatoms. The molecule has 0 heterocycles. The maximum absolute atomic E-state index is 12.2. The number of carboxylic acid groups (broad SMARTS) is 2. The highest BCUT2D eigenvalue weighted by atomic mass is 16.4. The fourth-order valence-electron chi connectivity index (χ4n) is 3.98. The van der Waals surface area contributed by atoms with Crippen LogP contribution in [-0.2, 0) is 9.59 Å². The summed E-state index contributed by atoms with van der Waals surface area (Å²) in [5, 5.41) is 19.8. The molecule has 0 bridgehead atoms.